The lowest BCUT2D eigenvalue weighted by atomic mass is 10.1. The van der Waals surface area contributed by atoms with Crippen molar-refractivity contribution >= 4 is 15.9 Å². The summed E-state index contributed by atoms with van der Waals surface area (Å²) in [5.41, 5.74) is 1.39. The number of hydrogen-bond acceptors (Lipinski definition) is 3. The Bertz CT molecular complexity index is 525. The molecular formula is C12H13BrN2O2. The van der Waals surface area contributed by atoms with Crippen LogP contribution in [-0.4, -0.2) is 21.8 Å². The van der Waals surface area contributed by atoms with Crippen molar-refractivity contribution < 1.29 is 9.84 Å². The van der Waals surface area contributed by atoms with Crippen LogP contribution in [-0.2, 0) is 7.05 Å². The largest absolute Gasteiger partial charge is 0.497 e. The Kier molecular flexibility index (Phi) is 3.49. The number of ether oxygens (including phenoxy) is 1. The topological polar surface area (TPSA) is 47.3 Å². The van der Waals surface area contributed by atoms with Gasteiger partial charge in [-0.05, 0) is 12.1 Å². The maximum Gasteiger partial charge on any atom is 0.124 e. The molecule has 90 valence electrons. The number of rotatable bonds is 3. The minimum atomic E-state index is -0.739. The first-order chi connectivity index (χ1) is 8.11. The van der Waals surface area contributed by atoms with Crippen molar-refractivity contribution in [3.63, 3.8) is 0 Å². The number of imidazole rings is 1. The highest BCUT2D eigenvalue weighted by molar-refractivity contribution is 9.10. The summed E-state index contributed by atoms with van der Waals surface area (Å²) in [7, 11) is 3.48. The molecule has 0 fully saturated rings. The summed E-state index contributed by atoms with van der Waals surface area (Å²) in [4.78, 5) is 4.14. The van der Waals surface area contributed by atoms with Gasteiger partial charge in [-0.15, -0.1) is 0 Å². The van der Waals surface area contributed by atoms with Crippen molar-refractivity contribution in [1.82, 2.24) is 9.55 Å². The maximum absolute atomic E-state index is 10.2. The number of benzene rings is 1. The third-order valence-corrected chi connectivity index (χ3v) is 3.19. The zero-order chi connectivity index (χ0) is 12.4. The predicted molar refractivity (Wildman–Crippen MR) is 68.0 cm³/mol. The van der Waals surface area contributed by atoms with Gasteiger partial charge in [-0.1, -0.05) is 22.0 Å². The highest BCUT2D eigenvalue weighted by Crippen LogP contribution is 2.30. The minimum absolute atomic E-state index is 0.623. The number of aromatic nitrogens is 2. The molecule has 0 aliphatic carbocycles. The van der Waals surface area contributed by atoms with Crippen LogP contribution < -0.4 is 4.74 Å². The smallest absolute Gasteiger partial charge is 0.124 e. The van der Waals surface area contributed by atoms with Gasteiger partial charge in [0.2, 0.25) is 0 Å². The second-order valence-electron chi connectivity index (χ2n) is 3.75. The summed E-state index contributed by atoms with van der Waals surface area (Å²) in [6.45, 7) is 0. The normalized spacial score (nSPS) is 12.5. The van der Waals surface area contributed by atoms with Gasteiger partial charge in [0.25, 0.3) is 0 Å². The van der Waals surface area contributed by atoms with Gasteiger partial charge >= 0.3 is 0 Å². The molecule has 2 aromatic rings. The fourth-order valence-corrected chi connectivity index (χ4v) is 2.16. The summed E-state index contributed by atoms with van der Waals surface area (Å²) in [5, 5.41) is 10.2. The lowest BCUT2D eigenvalue weighted by Gasteiger charge is -2.11. The number of aliphatic hydroxyl groups excluding tert-OH is 1. The van der Waals surface area contributed by atoms with Gasteiger partial charge in [0.05, 0.1) is 19.1 Å². The fraction of sp³-hybridized carbons (Fsp3) is 0.250. The highest BCUT2D eigenvalue weighted by atomic mass is 79.9. The van der Waals surface area contributed by atoms with Crippen molar-refractivity contribution in [2.75, 3.05) is 7.11 Å². The minimum Gasteiger partial charge on any atom is -0.497 e. The molecule has 0 saturated heterocycles. The molecule has 5 heteroatoms. The molecule has 0 bridgehead atoms. The Balaban J connectivity index is 2.34. The molecule has 0 saturated carbocycles. The number of aryl methyl sites for hydroxylation is 1. The van der Waals surface area contributed by atoms with Crippen LogP contribution in [0.5, 0.6) is 5.75 Å². The average Bonchev–Trinajstić information content (AvgIpc) is 2.75. The van der Waals surface area contributed by atoms with Crippen LogP contribution in [0.3, 0.4) is 0 Å². The van der Waals surface area contributed by atoms with E-state index in [4.69, 9.17) is 4.74 Å². The number of aliphatic hydroxyl groups is 1. The molecule has 4 nitrogen and oxygen atoms in total. The van der Waals surface area contributed by atoms with Crippen molar-refractivity contribution in [2.24, 2.45) is 7.05 Å². The monoisotopic (exact) mass is 296 g/mol. The van der Waals surface area contributed by atoms with E-state index in [0.717, 1.165) is 15.8 Å². The fourth-order valence-electron chi connectivity index (χ4n) is 1.59. The lowest BCUT2D eigenvalue weighted by Crippen LogP contribution is -2.01. The van der Waals surface area contributed by atoms with E-state index in [-0.39, 0.29) is 0 Å². The molecule has 17 heavy (non-hydrogen) atoms. The van der Waals surface area contributed by atoms with Gasteiger partial charge in [0.1, 0.15) is 11.9 Å². The molecule has 1 heterocycles. The van der Waals surface area contributed by atoms with E-state index in [2.05, 4.69) is 20.9 Å². The van der Waals surface area contributed by atoms with Gasteiger partial charge in [0, 0.05) is 23.3 Å². The second-order valence-corrected chi connectivity index (χ2v) is 4.61. The van der Waals surface area contributed by atoms with Gasteiger partial charge < -0.3 is 14.4 Å². The van der Waals surface area contributed by atoms with E-state index in [0.29, 0.717) is 5.69 Å². The van der Waals surface area contributed by atoms with E-state index in [9.17, 15) is 5.11 Å². The molecule has 0 aliphatic rings. The molecule has 2 rings (SSSR count). The molecule has 1 unspecified atom stereocenters. The highest BCUT2D eigenvalue weighted by Gasteiger charge is 2.16. The van der Waals surface area contributed by atoms with Crippen LogP contribution >= 0.6 is 15.9 Å². The van der Waals surface area contributed by atoms with Gasteiger partial charge in [-0.2, -0.15) is 0 Å². The van der Waals surface area contributed by atoms with E-state index in [1.807, 2.05) is 25.2 Å². The van der Waals surface area contributed by atoms with Crippen LogP contribution in [0, 0.1) is 0 Å². The summed E-state index contributed by atoms with van der Waals surface area (Å²) < 4.78 is 7.71. The molecule has 1 atom stereocenters. The van der Waals surface area contributed by atoms with E-state index < -0.39 is 6.10 Å². The second kappa shape index (κ2) is 4.89. The summed E-state index contributed by atoms with van der Waals surface area (Å²) >= 11 is 3.42. The zero-order valence-electron chi connectivity index (χ0n) is 9.59. The maximum atomic E-state index is 10.2. The lowest BCUT2D eigenvalue weighted by molar-refractivity contribution is 0.215. The molecule has 0 radical (unpaired) electrons. The number of hydrogen-bond donors (Lipinski definition) is 1. The van der Waals surface area contributed by atoms with Gasteiger partial charge in [-0.3, -0.25) is 0 Å². The summed E-state index contributed by atoms with van der Waals surface area (Å²) in [6.07, 6.45) is 2.72. The predicted octanol–water partition coefficient (Wildman–Crippen LogP) is 2.27. The van der Waals surface area contributed by atoms with Gasteiger partial charge in [-0.25, -0.2) is 4.98 Å². The first kappa shape index (κ1) is 12.1. The van der Waals surface area contributed by atoms with Crippen molar-refractivity contribution in [2.45, 2.75) is 6.10 Å². The Morgan fingerprint density at radius 1 is 1.47 bits per heavy atom. The van der Waals surface area contributed by atoms with Crippen molar-refractivity contribution in [1.29, 1.82) is 0 Å². The number of nitrogens with zero attached hydrogens (tertiary/aromatic N) is 2. The van der Waals surface area contributed by atoms with E-state index in [1.54, 1.807) is 24.2 Å². The Labute approximate surface area is 108 Å². The SMILES string of the molecule is COc1ccc(C(O)c2cn(C)cn2)c(Br)c1. The number of methoxy groups -OCH3 is 1. The number of halogens is 1. The van der Waals surface area contributed by atoms with Crippen LogP contribution in [0.25, 0.3) is 0 Å². The molecule has 0 aliphatic heterocycles. The molecule has 1 aromatic carbocycles. The molecule has 0 amide bonds. The Morgan fingerprint density at radius 3 is 2.76 bits per heavy atom. The third-order valence-electron chi connectivity index (χ3n) is 2.51. The molecular weight excluding hydrogens is 284 g/mol. The first-order valence-corrected chi connectivity index (χ1v) is 5.90. The van der Waals surface area contributed by atoms with E-state index in [1.165, 1.54) is 0 Å². The van der Waals surface area contributed by atoms with Crippen molar-refractivity contribution in [3.8, 4) is 5.75 Å². The van der Waals surface area contributed by atoms with Crippen molar-refractivity contribution in [3.05, 3.63) is 46.5 Å². The molecule has 0 spiro atoms. The summed E-state index contributed by atoms with van der Waals surface area (Å²) in [6, 6.07) is 5.45. The van der Waals surface area contributed by atoms with Crippen LogP contribution in [0.4, 0.5) is 0 Å². The van der Waals surface area contributed by atoms with Crippen LogP contribution in [0.1, 0.15) is 17.4 Å². The summed E-state index contributed by atoms with van der Waals surface area (Å²) in [5.74, 6) is 0.744. The van der Waals surface area contributed by atoms with Crippen LogP contribution in [0.2, 0.25) is 0 Å². The Morgan fingerprint density at radius 2 is 2.24 bits per heavy atom. The standard InChI is InChI=1S/C12H13BrN2O2/c1-15-6-11(14-7-15)12(16)9-4-3-8(17-2)5-10(9)13/h3-7,12,16H,1-2H3. The third kappa shape index (κ3) is 2.50. The Hall–Kier alpha value is -1.33. The van der Waals surface area contributed by atoms with E-state index >= 15 is 0 Å². The zero-order valence-corrected chi connectivity index (χ0v) is 11.2. The van der Waals surface area contributed by atoms with Crippen LogP contribution in [0.15, 0.2) is 35.2 Å². The van der Waals surface area contributed by atoms with Gasteiger partial charge in [0.15, 0.2) is 0 Å². The molecule has 1 N–H and O–H groups in total. The quantitative estimate of drug-likeness (QED) is 0.945. The average molecular weight is 297 g/mol. The first-order valence-electron chi connectivity index (χ1n) is 5.11. The molecule has 1 aromatic heterocycles.